The summed E-state index contributed by atoms with van der Waals surface area (Å²) in [4.78, 5) is 12.0. The van der Waals surface area contributed by atoms with Gasteiger partial charge in [0.1, 0.15) is 9.83 Å². The maximum Gasteiger partial charge on any atom is 0.233 e. The highest BCUT2D eigenvalue weighted by Gasteiger charge is 2.27. The molecule has 1 aliphatic rings. The van der Waals surface area contributed by atoms with Gasteiger partial charge in [-0.2, -0.15) is 0 Å². The molecule has 0 fully saturated rings. The Morgan fingerprint density at radius 1 is 1.23 bits per heavy atom. The van der Waals surface area contributed by atoms with E-state index in [1.54, 1.807) is 0 Å². The Kier molecular flexibility index (Phi) is 2.04. The molecular weight excluding hydrogens is 204 g/mol. The third-order valence-electron chi connectivity index (χ3n) is 2.15. The Morgan fingerprint density at radius 3 is 2.54 bits per heavy atom. The predicted octanol–water partition coefficient (Wildman–Crippen LogP) is 2.21. The lowest BCUT2D eigenvalue weighted by Crippen LogP contribution is -1.91. The molecule has 0 aromatic heterocycles. The topological polar surface area (TPSA) is 34.1 Å². The van der Waals surface area contributed by atoms with Gasteiger partial charge in [0.15, 0.2) is 0 Å². The number of rotatable bonds is 0. The van der Waals surface area contributed by atoms with Crippen LogP contribution >= 0.6 is 10.8 Å². The molecule has 1 aliphatic heterocycles. The van der Waals surface area contributed by atoms with Gasteiger partial charge in [0.2, 0.25) is 5.12 Å². The summed E-state index contributed by atoms with van der Waals surface area (Å²) in [5, 5.41) is -0.0727. The molecule has 0 amide bonds. The SMILES string of the molecule is Cc1cc2c(cc1C)S(=O)SC2=O. The van der Waals surface area contributed by atoms with Crippen molar-refractivity contribution < 1.29 is 9.00 Å². The second-order valence-electron chi connectivity index (χ2n) is 3.04. The van der Waals surface area contributed by atoms with Crippen LogP contribution in [0.2, 0.25) is 0 Å². The van der Waals surface area contributed by atoms with E-state index in [1.807, 2.05) is 26.0 Å². The molecule has 0 aliphatic carbocycles. The molecule has 1 aromatic rings. The molecule has 0 saturated carbocycles. The molecule has 13 heavy (non-hydrogen) atoms. The molecule has 2 nitrogen and oxygen atoms in total. The van der Waals surface area contributed by atoms with Crippen LogP contribution in [0.25, 0.3) is 0 Å². The quantitative estimate of drug-likeness (QED) is 0.618. The van der Waals surface area contributed by atoms with Crippen LogP contribution in [-0.2, 0) is 9.83 Å². The van der Waals surface area contributed by atoms with Crippen molar-refractivity contribution in [3.05, 3.63) is 28.8 Å². The molecule has 0 radical (unpaired) electrons. The summed E-state index contributed by atoms with van der Waals surface area (Å²) in [5.74, 6) is 0. The van der Waals surface area contributed by atoms with Crippen molar-refractivity contribution in [2.24, 2.45) is 0 Å². The summed E-state index contributed by atoms with van der Waals surface area (Å²) in [6.07, 6.45) is 0. The summed E-state index contributed by atoms with van der Waals surface area (Å²) in [6, 6.07) is 3.67. The highest BCUT2D eigenvalue weighted by Crippen LogP contribution is 2.35. The average Bonchev–Trinajstić information content (AvgIpc) is 2.31. The van der Waals surface area contributed by atoms with Crippen molar-refractivity contribution in [1.29, 1.82) is 0 Å². The number of aryl methyl sites for hydroxylation is 2. The molecular formula is C9H8O2S2. The summed E-state index contributed by atoms with van der Waals surface area (Å²) in [6.45, 7) is 3.91. The van der Waals surface area contributed by atoms with Crippen LogP contribution in [0.3, 0.4) is 0 Å². The first-order valence-electron chi connectivity index (χ1n) is 3.85. The minimum absolute atomic E-state index is 0.0727. The summed E-state index contributed by atoms with van der Waals surface area (Å²) in [5.41, 5.74) is 2.78. The van der Waals surface area contributed by atoms with E-state index in [1.165, 1.54) is 0 Å². The van der Waals surface area contributed by atoms with Gasteiger partial charge in [-0.3, -0.25) is 4.79 Å². The van der Waals surface area contributed by atoms with Gasteiger partial charge in [0.25, 0.3) is 0 Å². The van der Waals surface area contributed by atoms with E-state index in [4.69, 9.17) is 0 Å². The van der Waals surface area contributed by atoms with Crippen LogP contribution in [-0.4, -0.2) is 9.32 Å². The number of fused-ring (bicyclic) bond motifs is 1. The first-order chi connectivity index (χ1) is 6.09. The molecule has 2 rings (SSSR count). The van der Waals surface area contributed by atoms with Gasteiger partial charge >= 0.3 is 0 Å². The van der Waals surface area contributed by atoms with E-state index in [9.17, 15) is 9.00 Å². The third-order valence-corrected chi connectivity index (χ3v) is 4.81. The smallest absolute Gasteiger partial charge is 0.233 e. The van der Waals surface area contributed by atoms with Crippen LogP contribution in [0.5, 0.6) is 0 Å². The molecule has 0 N–H and O–H groups in total. The zero-order chi connectivity index (χ0) is 9.59. The van der Waals surface area contributed by atoms with E-state index in [0.717, 1.165) is 21.9 Å². The van der Waals surface area contributed by atoms with Crippen molar-refractivity contribution in [1.82, 2.24) is 0 Å². The normalized spacial score (nSPS) is 20.5. The van der Waals surface area contributed by atoms with Crippen LogP contribution in [0.15, 0.2) is 17.0 Å². The van der Waals surface area contributed by atoms with E-state index in [0.29, 0.717) is 10.5 Å². The standard InChI is InChI=1S/C9H8O2S2/c1-5-3-7-8(4-6(5)2)13(11)12-9(7)10/h3-4H,1-2H3. The van der Waals surface area contributed by atoms with Crippen LogP contribution in [0.1, 0.15) is 21.5 Å². The first kappa shape index (κ1) is 8.97. The van der Waals surface area contributed by atoms with Crippen molar-refractivity contribution in [3.63, 3.8) is 0 Å². The molecule has 68 valence electrons. The number of hydrogen-bond acceptors (Lipinski definition) is 3. The van der Waals surface area contributed by atoms with Crippen molar-refractivity contribution in [2.45, 2.75) is 18.7 Å². The predicted molar refractivity (Wildman–Crippen MR) is 54.2 cm³/mol. The fourth-order valence-electron chi connectivity index (χ4n) is 1.25. The van der Waals surface area contributed by atoms with Gasteiger partial charge in [0.05, 0.1) is 4.90 Å². The van der Waals surface area contributed by atoms with E-state index in [2.05, 4.69) is 0 Å². The zero-order valence-corrected chi connectivity index (χ0v) is 8.92. The number of carbonyl (C=O) groups excluding carboxylic acids is 1. The van der Waals surface area contributed by atoms with Crippen LogP contribution in [0, 0.1) is 13.8 Å². The van der Waals surface area contributed by atoms with Gasteiger partial charge < -0.3 is 0 Å². The Balaban J connectivity index is 2.72. The molecule has 1 aromatic carbocycles. The lowest BCUT2D eigenvalue weighted by molar-refractivity contribution is 0.108. The van der Waals surface area contributed by atoms with E-state index >= 15 is 0 Å². The summed E-state index contributed by atoms with van der Waals surface area (Å²) in [7, 11) is -0.279. The van der Waals surface area contributed by atoms with Crippen molar-refractivity contribution in [2.75, 3.05) is 0 Å². The number of hydrogen-bond donors (Lipinski definition) is 0. The molecule has 1 atom stereocenters. The van der Waals surface area contributed by atoms with E-state index < -0.39 is 9.83 Å². The first-order valence-corrected chi connectivity index (χ1v) is 6.33. The summed E-state index contributed by atoms with van der Waals surface area (Å²) < 4.78 is 11.4. The number of carbonyl (C=O) groups is 1. The highest BCUT2D eigenvalue weighted by molar-refractivity contribution is 8.76. The minimum atomic E-state index is -1.18. The molecule has 1 unspecified atom stereocenters. The number of benzene rings is 1. The van der Waals surface area contributed by atoms with Gasteiger partial charge in [0, 0.05) is 16.4 Å². The van der Waals surface area contributed by atoms with Crippen molar-refractivity contribution in [3.8, 4) is 0 Å². The second-order valence-corrected chi connectivity index (χ2v) is 5.89. The Bertz CT molecular complexity index is 385. The van der Waals surface area contributed by atoms with Crippen LogP contribution < -0.4 is 0 Å². The second kappa shape index (κ2) is 2.96. The molecule has 0 saturated heterocycles. The third kappa shape index (κ3) is 1.34. The maximum atomic E-state index is 11.4. The lowest BCUT2D eigenvalue weighted by Gasteiger charge is -2.01. The minimum Gasteiger partial charge on any atom is -0.280 e. The largest absolute Gasteiger partial charge is 0.280 e. The highest BCUT2D eigenvalue weighted by atomic mass is 33.1. The van der Waals surface area contributed by atoms with Crippen LogP contribution in [0.4, 0.5) is 0 Å². The van der Waals surface area contributed by atoms with Gasteiger partial charge in [-0.15, -0.1) is 0 Å². The van der Waals surface area contributed by atoms with Gasteiger partial charge in [-0.25, -0.2) is 4.21 Å². The average molecular weight is 212 g/mol. The van der Waals surface area contributed by atoms with Gasteiger partial charge in [-0.1, -0.05) is 0 Å². The summed E-state index contributed by atoms with van der Waals surface area (Å²) >= 11 is 0. The zero-order valence-electron chi connectivity index (χ0n) is 7.29. The van der Waals surface area contributed by atoms with Gasteiger partial charge in [-0.05, 0) is 37.1 Å². The molecule has 1 heterocycles. The Hall–Kier alpha value is -0.610. The molecule has 4 heteroatoms. The molecule has 0 bridgehead atoms. The fraction of sp³-hybridized carbons (Fsp3) is 0.222. The Morgan fingerprint density at radius 2 is 1.85 bits per heavy atom. The van der Waals surface area contributed by atoms with Crippen molar-refractivity contribution >= 4 is 25.7 Å². The Labute approximate surface area is 82.6 Å². The maximum absolute atomic E-state index is 11.4. The molecule has 0 spiro atoms. The lowest BCUT2D eigenvalue weighted by atomic mass is 10.1. The fourth-order valence-corrected chi connectivity index (χ4v) is 3.77. The monoisotopic (exact) mass is 212 g/mol. The van der Waals surface area contributed by atoms with E-state index in [-0.39, 0.29) is 5.12 Å².